The minimum absolute atomic E-state index is 0.169. The molecule has 8 heteroatoms. The van der Waals surface area contributed by atoms with Gasteiger partial charge in [0.05, 0.1) is 36.8 Å². The van der Waals surface area contributed by atoms with E-state index in [4.69, 9.17) is 19.2 Å². The minimum Gasteiger partial charge on any atom is -0.465 e. The third kappa shape index (κ3) is 4.31. The first kappa shape index (κ1) is 23.6. The molecule has 1 aliphatic heterocycles. The number of imidazole rings is 1. The van der Waals surface area contributed by atoms with Gasteiger partial charge in [-0.25, -0.2) is 4.98 Å². The summed E-state index contributed by atoms with van der Waals surface area (Å²) < 4.78 is 18.7. The lowest BCUT2D eigenvalue weighted by Crippen LogP contribution is -2.51. The van der Waals surface area contributed by atoms with Gasteiger partial charge in [0, 0.05) is 7.11 Å². The number of fused-ring (bicyclic) bond motifs is 3. The number of methoxy groups -OCH3 is 1. The standard InChI is InChI=1S/C28H27N3O5/c1-3-35-27(33)24-25(19-10-9-13-21(18-19)36-20-11-5-4-6-12-20)31-23-15-8-7-14-22(23)29-28(31)30(26(24)32)16-17-34-2/h4-15,18,24-25H,3,16-17H2,1-2H3. The summed E-state index contributed by atoms with van der Waals surface area (Å²) in [6, 6.07) is 23.9. The van der Waals surface area contributed by atoms with Crippen LogP contribution in [0.15, 0.2) is 78.9 Å². The van der Waals surface area contributed by atoms with E-state index in [0.717, 1.165) is 16.6 Å². The van der Waals surface area contributed by atoms with E-state index in [9.17, 15) is 9.59 Å². The predicted octanol–water partition coefficient (Wildman–Crippen LogP) is 4.59. The number of amides is 1. The van der Waals surface area contributed by atoms with E-state index >= 15 is 0 Å². The van der Waals surface area contributed by atoms with E-state index in [1.165, 1.54) is 4.90 Å². The van der Waals surface area contributed by atoms with E-state index in [1.807, 2.05) is 83.4 Å². The van der Waals surface area contributed by atoms with Gasteiger partial charge in [-0.15, -0.1) is 0 Å². The van der Waals surface area contributed by atoms with Crippen molar-refractivity contribution < 1.29 is 23.8 Å². The van der Waals surface area contributed by atoms with Crippen LogP contribution in [-0.2, 0) is 19.1 Å². The molecule has 0 spiro atoms. The van der Waals surface area contributed by atoms with Gasteiger partial charge in [0.15, 0.2) is 5.92 Å². The van der Waals surface area contributed by atoms with Crippen LogP contribution >= 0.6 is 0 Å². The quantitative estimate of drug-likeness (QED) is 0.268. The fraction of sp³-hybridized carbons (Fsp3) is 0.250. The first-order valence-electron chi connectivity index (χ1n) is 11.9. The maximum atomic E-state index is 13.8. The average Bonchev–Trinajstić information content (AvgIpc) is 3.27. The van der Waals surface area contributed by atoms with Crippen molar-refractivity contribution >= 4 is 28.9 Å². The Kier molecular flexibility index (Phi) is 6.69. The topological polar surface area (TPSA) is 82.9 Å². The third-order valence-electron chi connectivity index (χ3n) is 6.18. The Hall–Kier alpha value is -4.17. The summed E-state index contributed by atoms with van der Waals surface area (Å²) in [6.07, 6.45) is 0. The number of esters is 1. The smallest absolute Gasteiger partial charge is 0.321 e. The van der Waals surface area contributed by atoms with Gasteiger partial charge in [-0.2, -0.15) is 0 Å². The second kappa shape index (κ2) is 10.2. The normalized spacial score (nSPS) is 17.2. The molecular weight excluding hydrogens is 458 g/mol. The summed E-state index contributed by atoms with van der Waals surface area (Å²) in [7, 11) is 1.57. The molecule has 3 aromatic carbocycles. The monoisotopic (exact) mass is 485 g/mol. The van der Waals surface area contributed by atoms with E-state index in [2.05, 4.69) is 0 Å². The van der Waals surface area contributed by atoms with Crippen LogP contribution in [0.3, 0.4) is 0 Å². The van der Waals surface area contributed by atoms with Crippen LogP contribution in [0.4, 0.5) is 5.95 Å². The average molecular weight is 486 g/mol. The second-order valence-corrected chi connectivity index (χ2v) is 8.42. The molecule has 0 aliphatic carbocycles. The highest BCUT2D eigenvalue weighted by atomic mass is 16.5. The first-order valence-corrected chi connectivity index (χ1v) is 11.9. The van der Waals surface area contributed by atoms with Crippen molar-refractivity contribution in [2.75, 3.05) is 31.8 Å². The number of carbonyl (C=O) groups excluding carboxylic acids is 2. The fourth-order valence-corrected chi connectivity index (χ4v) is 4.63. The van der Waals surface area contributed by atoms with Gasteiger partial charge in [0.1, 0.15) is 11.5 Å². The molecule has 0 saturated carbocycles. The maximum Gasteiger partial charge on any atom is 0.321 e. The Balaban J connectivity index is 1.68. The number of rotatable bonds is 8. The first-order chi connectivity index (χ1) is 17.6. The molecule has 0 N–H and O–H groups in total. The molecule has 0 bridgehead atoms. The van der Waals surface area contributed by atoms with Crippen LogP contribution in [0, 0.1) is 5.92 Å². The van der Waals surface area contributed by atoms with E-state index in [-0.39, 0.29) is 19.1 Å². The van der Waals surface area contributed by atoms with Gasteiger partial charge < -0.3 is 18.8 Å². The molecule has 2 atom stereocenters. The lowest BCUT2D eigenvalue weighted by molar-refractivity contribution is -0.153. The summed E-state index contributed by atoms with van der Waals surface area (Å²) >= 11 is 0. The van der Waals surface area contributed by atoms with Gasteiger partial charge in [0.2, 0.25) is 11.9 Å². The van der Waals surface area contributed by atoms with Crippen LogP contribution < -0.4 is 9.64 Å². The Morgan fingerprint density at radius 1 is 0.972 bits per heavy atom. The van der Waals surface area contributed by atoms with Crippen LogP contribution in [0.25, 0.3) is 11.0 Å². The number of nitrogens with zero attached hydrogens (tertiary/aromatic N) is 3. The lowest BCUT2D eigenvalue weighted by Gasteiger charge is -2.37. The van der Waals surface area contributed by atoms with Crippen molar-refractivity contribution in [3.63, 3.8) is 0 Å². The van der Waals surface area contributed by atoms with E-state index < -0.39 is 17.9 Å². The van der Waals surface area contributed by atoms with Gasteiger partial charge in [-0.05, 0) is 48.9 Å². The zero-order valence-corrected chi connectivity index (χ0v) is 20.2. The van der Waals surface area contributed by atoms with E-state index in [0.29, 0.717) is 24.1 Å². The summed E-state index contributed by atoms with van der Waals surface area (Å²) in [6.45, 7) is 2.46. The number of carbonyl (C=O) groups is 2. The van der Waals surface area contributed by atoms with Gasteiger partial charge in [0.25, 0.3) is 0 Å². The summed E-state index contributed by atoms with van der Waals surface area (Å²) in [5, 5.41) is 0. The van der Waals surface area contributed by atoms with Crippen molar-refractivity contribution in [1.82, 2.24) is 9.55 Å². The molecule has 1 amide bonds. The van der Waals surface area contributed by atoms with Crippen LogP contribution in [-0.4, -0.2) is 48.3 Å². The largest absolute Gasteiger partial charge is 0.465 e. The van der Waals surface area contributed by atoms with Crippen molar-refractivity contribution in [3.8, 4) is 11.5 Å². The number of ether oxygens (including phenoxy) is 3. The molecule has 0 radical (unpaired) electrons. The molecule has 36 heavy (non-hydrogen) atoms. The second-order valence-electron chi connectivity index (χ2n) is 8.42. The van der Waals surface area contributed by atoms with Crippen molar-refractivity contribution in [2.24, 2.45) is 5.92 Å². The highest BCUT2D eigenvalue weighted by molar-refractivity contribution is 6.08. The van der Waals surface area contributed by atoms with Crippen LogP contribution in [0.2, 0.25) is 0 Å². The molecule has 2 unspecified atom stereocenters. The number of hydrogen-bond donors (Lipinski definition) is 0. The number of anilines is 1. The van der Waals surface area contributed by atoms with Crippen LogP contribution in [0.5, 0.6) is 11.5 Å². The molecule has 0 saturated heterocycles. The minimum atomic E-state index is -1.10. The molecule has 184 valence electrons. The molecule has 8 nitrogen and oxygen atoms in total. The van der Waals surface area contributed by atoms with Crippen molar-refractivity contribution in [1.29, 1.82) is 0 Å². The molecular formula is C28H27N3O5. The highest BCUT2D eigenvalue weighted by Gasteiger charge is 2.47. The van der Waals surface area contributed by atoms with Gasteiger partial charge in [-0.1, -0.05) is 42.5 Å². The number of benzene rings is 3. The SMILES string of the molecule is CCOC(=O)C1C(=O)N(CCOC)c2nc3ccccc3n2C1c1cccc(Oc2ccccc2)c1. The zero-order valence-electron chi connectivity index (χ0n) is 20.2. The molecule has 1 aromatic heterocycles. The Bertz CT molecular complexity index is 1380. The number of hydrogen-bond acceptors (Lipinski definition) is 6. The molecule has 4 aromatic rings. The Morgan fingerprint density at radius 2 is 1.72 bits per heavy atom. The summed E-state index contributed by atoms with van der Waals surface area (Å²) in [5.74, 6) is -0.283. The number of aromatic nitrogens is 2. The zero-order chi connectivity index (χ0) is 25.1. The number of para-hydroxylation sites is 3. The predicted molar refractivity (Wildman–Crippen MR) is 135 cm³/mol. The summed E-state index contributed by atoms with van der Waals surface area (Å²) in [5.41, 5.74) is 2.29. The van der Waals surface area contributed by atoms with Crippen molar-refractivity contribution in [2.45, 2.75) is 13.0 Å². The molecule has 5 rings (SSSR count). The molecule has 0 fully saturated rings. The Labute approximate surface area is 209 Å². The lowest BCUT2D eigenvalue weighted by atomic mass is 9.89. The fourth-order valence-electron chi connectivity index (χ4n) is 4.63. The highest BCUT2D eigenvalue weighted by Crippen LogP contribution is 2.42. The van der Waals surface area contributed by atoms with Crippen LogP contribution in [0.1, 0.15) is 18.5 Å². The molecule has 1 aliphatic rings. The summed E-state index contributed by atoms with van der Waals surface area (Å²) in [4.78, 5) is 33.4. The maximum absolute atomic E-state index is 13.8. The molecule has 2 heterocycles. The third-order valence-corrected chi connectivity index (χ3v) is 6.18. The van der Waals surface area contributed by atoms with Gasteiger partial charge in [-0.3, -0.25) is 14.5 Å². The van der Waals surface area contributed by atoms with Gasteiger partial charge >= 0.3 is 5.97 Å². The van der Waals surface area contributed by atoms with E-state index in [1.54, 1.807) is 14.0 Å². The Morgan fingerprint density at radius 3 is 2.50 bits per heavy atom. The van der Waals surface area contributed by atoms with Crippen molar-refractivity contribution in [3.05, 3.63) is 84.4 Å².